The Balaban J connectivity index is 1.32. The molecule has 0 bridgehead atoms. The molecule has 4 rings (SSSR count). The van der Waals surface area contributed by atoms with Crippen molar-refractivity contribution in [3.05, 3.63) is 46.9 Å². The number of carbonyl (C=O) groups excluding carboxylic acids is 1. The molecule has 168 valence electrons. The van der Waals surface area contributed by atoms with E-state index in [0.29, 0.717) is 22.5 Å². The standard InChI is InChI=1S/C23H27ClN6O2/c1-29-7-6-18(14-29)32-21-11-22(27-13-19(21)24)28-23(31)10-16-2-3-20(26-12-16)17-4-8-30(15-25)9-5-17/h2-3,11-13,17-18H,4-10,14H2,1H3,(H,27,28,31)/t18-/m0/s1. The van der Waals surface area contributed by atoms with Gasteiger partial charge in [0.25, 0.3) is 0 Å². The van der Waals surface area contributed by atoms with Crippen molar-refractivity contribution in [1.29, 1.82) is 5.26 Å². The Kier molecular flexibility index (Phi) is 7.08. The summed E-state index contributed by atoms with van der Waals surface area (Å²) in [6, 6.07) is 5.60. The molecule has 1 atom stereocenters. The van der Waals surface area contributed by atoms with Gasteiger partial charge in [-0.25, -0.2) is 4.98 Å². The lowest BCUT2D eigenvalue weighted by atomic mass is 9.93. The van der Waals surface area contributed by atoms with Crippen LogP contribution in [0.5, 0.6) is 5.75 Å². The number of ether oxygens (including phenoxy) is 1. The van der Waals surface area contributed by atoms with Crippen LogP contribution in [0.1, 0.15) is 36.4 Å². The first-order valence-electron chi connectivity index (χ1n) is 10.9. The second-order valence-corrected chi connectivity index (χ2v) is 8.88. The number of carbonyl (C=O) groups is 1. The molecule has 1 N–H and O–H groups in total. The van der Waals surface area contributed by atoms with Gasteiger partial charge in [-0.3, -0.25) is 9.78 Å². The van der Waals surface area contributed by atoms with Crippen LogP contribution in [0, 0.1) is 11.5 Å². The van der Waals surface area contributed by atoms with Crippen molar-refractivity contribution in [2.24, 2.45) is 0 Å². The van der Waals surface area contributed by atoms with E-state index in [1.165, 1.54) is 6.20 Å². The predicted molar refractivity (Wildman–Crippen MR) is 122 cm³/mol. The largest absolute Gasteiger partial charge is 0.487 e. The van der Waals surface area contributed by atoms with Gasteiger partial charge in [0, 0.05) is 50.1 Å². The maximum Gasteiger partial charge on any atom is 0.230 e. The zero-order chi connectivity index (χ0) is 22.5. The SMILES string of the molecule is CN1CC[C@H](Oc2cc(NC(=O)Cc3ccc(C4CCN(C#N)CC4)nc3)ncc2Cl)C1. The van der Waals surface area contributed by atoms with Crippen LogP contribution >= 0.6 is 11.6 Å². The Bertz CT molecular complexity index is 985. The number of likely N-dealkylation sites (N-methyl/N-ethyl adjacent to an activating group) is 1. The Hall–Kier alpha value is -2.89. The molecule has 2 aliphatic rings. The monoisotopic (exact) mass is 454 g/mol. The molecule has 0 aliphatic carbocycles. The number of likely N-dealkylation sites (tertiary alicyclic amines) is 2. The summed E-state index contributed by atoms with van der Waals surface area (Å²) in [7, 11) is 2.06. The van der Waals surface area contributed by atoms with Crippen LogP contribution in [-0.4, -0.2) is 65.0 Å². The minimum atomic E-state index is -0.178. The van der Waals surface area contributed by atoms with Gasteiger partial charge in [0.05, 0.1) is 12.6 Å². The number of amides is 1. The van der Waals surface area contributed by atoms with Crippen LogP contribution in [0.3, 0.4) is 0 Å². The van der Waals surface area contributed by atoms with Crippen molar-refractivity contribution in [3.8, 4) is 11.9 Å². The summed E-state index contributed by atoms with van der Waals surface area (Å²) in [6.45, 7) is 3.37. The molecular formula is C23H27ClN6O2. The summed E-state index contributed by atoms with van der Waals surface area (Å²) < 4.78 is 6.01. The minimum absolute atomic E-state index is 0.0835. The molecule has 0 saturated carbocycles. The Morgan fingerprint density at radius 3 is 2.72 bits per heavy atom. The molecule has 0 aromatic carbocycles. The predicted octanol–water partition coefficient (Wildman–Crippen LogP) is 3.05. The number of rotatable bonds is 6. The molecule has 9 heteroatoms. The van der Waals surface area contributed by atoms with Gasteiger partial charge in [0.2, 0.25) is 5.91 Å². The lowest BCUT2D eigenvalue weighted by molar-refractivity contribution is -0.115. The molecule has 0 unspecified atom stereocenters. The number of halogens is 1. The average Bonchev–Trinajstić information content (AvgIpc) is 3.21. The van der Waals surface area contributed by atoms with E-state index in [2.05, 4.69) is 33.4 Å². The molecule has 2 fully saturated rings. The topological polar surface area (TPSA) is 94.4 Å². The van der Waals surface area contributed by atoms with E-state index in [1.54, 1.807) is 17.2 Å². The van der Waals surface area contributed by atoms with E-state index in [1.807, 2.05) is 12.1 Å². The molecule has 0 spiro atoms. The number of pyridine rings is 2. The highest BCUT2D eigenvalue weighted by atomic mass is 35.5. The fourth-order valence-corrected chi connectivity index (χ4v) is 4.33. The van der Waals surface area contributed by atoms with Gasteiger partial charge >= 0.3 is 0 Å². The van der Waals surface area contributed by atoms with Crippen molar-refractivity contribution in [2.45, 2.75) is 37.7 Å². The lowest BCUT2D eigenvalue weighted by Gasteiger charge is -2.27. The van der Waals surface area contributed by atoms with E-state index in [-0.39, 0.29) is 18.4 Å². The second-order valence-electron chi connectivity index (χ2n) is 8.47. The summed E-state index contributed by atoms with van der Waals surface area (Å²) >= 11 is 6.23. The number of piperidine rings is 1. The minimum Gasteiger partial charge on any atom is -0.487 e. The molecule has 1 amide bonds. The first-order valence-corrected chi connectivity index (χ1v) is 11.3. The maximum atomic E-state index is 12.5. The van der Waals surface area contributed by atoms with Crippen LogP contribution in [-0.2, 0) is 11.2 Å². The summed E-state index contributed by atoms with van der Waals surface area (Å²) in [5.41, 5.74) is 1.85. The van der Waals surface area contributed by atoms with Crippen LogP contribution in [0.4, 0.5) is 5.82 Å². The van der Waals surface area contributed by atoms with E-state index in [0.717, 1.165) is 56.7 Å². The normalized spacial score (nSPS) is 19.5. The van der Waals surface area contributed by atoms with Crippen LogP contribution in [0.15, 0.2) is 30.6 Å². The van der Waals surface area contributed by atoms with Crippen LogP contribution in [0.2, 0.25) is 5.02 Å². The van der Waals surface area contributed by atoms with Crippen molar-refractivity contribution in [3.63, 3.8) is 0 Å². The van der Waals surface area contributed by atoms with E-state index >= 15 is 0 Å². The molecule has 8 nitrogen and oxygen atoms in total. The smallest absolute Gasteiger partial charge is 0.230 e. The van der Waals surface area contributed by atoms with Crippen molar-refractivity contribution >= 4 is 23.3 Å². The van der Waals surface area contributed by atoms with Gasteiger partial charge < -0.3 is 19.9 Å². The number of nitrogens with one attached hydrogen (secondary N) is 1. The molecule has 2 aromatic heterocycles. The number of hydrogen-bond acceptors (Lipinski definition) is 7. The van der Waals surface area contributed by atoms with Gasteiger partial charge in [-0.05, 0) is 37.9 Å². The number of aromatic nitrogens is 2. The van der Waals surface area contributed by atoms with E-state index in [4.69, 9.17) is 21.6 Å². The third-order valence-corrected chi connectivity index (χ3v) is 6.28. The summed E-state index contributed by atoms with van der Waals surface area (Å²) in [4.78, 5) is 25.3. The third kappa shape index (κ3) is 5.67. The van der Waals surface area contributed by atoms with Gasteiger partial charge in [-0.15, -0.1) is 0 Å². The fraction of sp³-hybridized carbons (Fsp3) is 0.478. The highest BCUT2D eigenvalue weighted by Gasteiger charge is 2.23. The number of nitrogens with zero attached hydrogens (tertiary/aromatic N) is 5. The van der Waals surface area contributed by atoms with Gasteiger partial charge in [-0.1, -0.05) is 17.7 Å². The van der Waals surface area contributed by atoms with Gasteiger partial charge in [0.15, 0.2) is 6.19 Å². The summed E-state index contributed by atoms with van der Waals surface area (Å²) in [5, 5.41) is 12.2. The Morgan fingerprint density at radius 1 is 1.25 bits per heavy atom. The zero-order valence-corrected chi connectivity index (χ0v) is 18.9. The van der Waals surface area contributed by atoms with Crippen molar-refractivity contribution in [2.75, 3.05) is 38.5 Å². The molecule has 32 heavy (non-hydrogen) atoms. The molecule has 2 aliphatic heterocycles. The number of nitriles is 1. The van der Waals surface area contributed by atoms with Gasteiger partial charge in [0.1, 0.15) is 22.7 Å². The Morgan fingerprint density at radius 2 is 2.06 bits per heavy atom. The van der Waals surface area contributed by atoms with Gasteiger partial charge in [-0.2, -0.15) is 5.26 Å². The number of anilines is 1. The van der Waals surface area contributed by atoms with Crippen LogP contribution < -0.4 is 10.1 Å². The van der Waals surface area contributed by atoms with Crippen LogP contribution in [0.25, 0.3) is 0 Å². The highest BCUT2D eigenvalue weighted by molar-refractivity contribution is 6.32. The Labute approximate surface area is 193 Å². The molecule has 2 aromatic rings. The maximum absolute atomic E-state index is 12.5. The lowest BCUT2D eigenvalue weighted by Crippen LogP contribution is -2.29. The molecular weight excluding hydrogens is 428 g/mol. The quantitative estimate of drug-likeness (QED) is 0.670. The fourth-order valence-electron chi connectivity index (χ4n) is 4.18. The summed E-state index contributed by atoms with van der Waals surface area (Å²) in [6.07, 6.45) is 8.52. The van der Waals surface area contributed by atoms with E-state index < -0.39 is 0 Å². The third-order valence-electron chi connectivity index (χ3n) is 6.00. The van der Waals surface area contributed by atoms with Crippen molar-refractivity contribution in [1.82, 2.24) is 19.8 Å². The first-order chi connectivity index (χ1) is 15.5. The zero-order valence-electron chi connectivity index (χ0n) is 18.1. The highest BCUT2D eigenvalue weighted by Crippen LogP contribution is 2.29. The number of hydrogen-bond donors (Lipinski definition) is 1. The van der Waals surface area contributed by atoms with E-state index in [9.17, 15) is 4.79 Å². The first kappa shape index (κ1) is 22.3. The molecule has 4 heterocycles. The second kappa shape index (κ2) is 10.2. The average molecular weight is 455 g/mol. The summed E-state index contributed by atoms with van der Waals surface area (Å²) in [5.74, 6) is 1.13. The van der Waals surface area contributed by atoms with Crippen molar-refractivity contribution < 1.29 is 9.53 Å². The molecule has 2 saturated heterocycles. The molecule has 0 radical (unpaired) electrons.